The number of anilines is 4. The van der Waals surface area contributed by atoms with Gasteiger partial charge in [0.15, 0.2) is 5.82 Å². The molecule has 3 aromatic rings. The van der Waals surface area contributed by atoms with E-state index >= 15 is 0 Å². The molecule has 3 unspecified atom stereocenters. The standard InChI is InChI=1S/C24H27N5/c1-5-23(3)18-9-7-8-10-19(18)29-21-20(15-26-16-27-21)28(17-11-13-25-14-12-17)22(29)24(23,4)6-2/h7-16,22H,5-6H2,1-4H3. The van der Waals surface area contributed by atoms with Crippen molar-refractivity contribution in [3.63, 3.8) is 0 Å². The van der Waals surface area contributed by atoms with Crippen LogP contribution in [0.25, 0.3) is 0 Å². The van der Waals surface area contributed by atoms with E-state index in [1.165, 1.54) is 11.3 Å². The van der Waals surface area contributed by atoms with Crippen LogP contribution in [-0.4, -0.2) is 21.1 Å². The van der Waals surface area contributed by atoms with Crippen molar-refractivity contribution in [2.75, 3.05) is 9.80 Å². The van der Waals surface area contributed by atoms with Crippen molar-refractivity contribution in [1.29, 1.82) is 0 Å². The lowest BCUT2D eigenvalue weighted by Gasteiger charge is -2.58. The van der Waals surface area contributed by atoms with Crippen molar-refractivity contribution in [2.45, 2.75) is 52.1 Å². The first-order valence-corrected chi connectivity index (χ1v) is 10.4. The van der Waals surface area contributed by atoms with Crippen molar-refractivity contribution in [3.05, 3.63) is 66.9 Å². The number of nitrogens with zero attached hydrogens (tertiary/aromatic N) is 5. The van der Waals surface area contributed by atoms with Gasteiger partial charge in [-0.1, -0.05) is 45.9 Å². The van der Waals surface area contributed by atoms with Crippen LogP contribution in [0.2, 0.25) is 0 Å². The molecule has 0 radical (unpaired) electrons. The Bertz CT molecular complexity index is 1050. The summed E-state index contributed by atoms with van der Waals surface area (Å²) in [5, 5.41) is 0. The highest BCUT2D eigenvalue weighted by Crippen LogP contribution is 2.63. The summed E-state index contributed by atoms with van der Waals surface area (Å²) in [5.41, 5.74) is 4.86. The summed E-state index contributed by atoms with van der Waals surface area (Å²) in [5.74, 6) is 0.979. The summed E-state index contributed by atoms with van der Waals surface area (Å²) in [4.78, 5) is 18.2. The highest BCUT2D eigenvalue weighted by Gasteiger charge is 2.60. The molecule has 5 heteroatoms. The van der Waals surface area contributed by atoms with E-state index in [-0.39, 0.29) is 17.0 Å². The van der Waals surface area contributed by atoms with Gasteiger partial charge in [0.2, 0.25) is 0 Å². The van der Waals surface area contributed by atoms with E-state index in [9.17, 15) is 0 Å². The Labute approximate surface area is 172 Å². The number of rotatable bonds is 3. The lowest BCUT2D eigenvalue weighted by atomic mass is 9.55. The Morgan fingerprint density at radius 1 is 0.897 bits per heavy atom. The molecular weight excluding hydrogens is 358 g/mol. The molecule has 0 amide bonds. The third-order valence-electron chi connectivity index (χ3n) is 7.62. The molecule has 5 rings (SSSR count). The van der Waals surface area contributed by atoms with E-state index in [1.807, 2.05) is 18.6 Å². The molecule has 2 aliphatic heterocycles. The van der Waals surface area contributed by atoms with Crippen molar-refractivity contribution in [2.24, 2.45) is 5.41 Å². The summed E-state index contributed by atoms with van der Waals surface area (Å²) in [6.45, 7) is 9.52. The third kappa shape index (κ3) is 2.18. The molecule has 2 aliphatic rings. The highest BCUT2D eigenvalue weighted by molar-refractivity contribution is 5.88. The topological polar surface area (TPSA) is 45.2 Å². The Kier molecular flexibility index (Phi) is 3.92. The largest absolute Gasteiger partial charge is 0.315 e. The van der Waals surface area contributed by atoms with Gasteiger partial charge in [0.25, 0.3) is 0 Å². The molecule has 0 fully saturated rings. The van der Waals surface area contributed by atoms with Crippen LogP contribution in [0.15, 0.2) is 61.3 Å². The molecule has 4 heterocycles. The van der Waals surface area contributed by atoms with Gasteiger partial charge in [0.1, 0.15) is 18.2 Å². The molecule has 0 bridgehead atoms. The van der Waals surface area contributed by atoms with Crippen LogP contribution in [0.1, 0.15) is 46.1 Å². The first kappa shape index (κ1) is 18.1. The predicted molar refractivity (Wildman–Crippen MR) is 117 cm³/mol. The molecule has 29 heavy (non-hydrogen) atoms. The van der Waals surface area contributed by atoms with Gasteiger partial charge in [-0.3, -0.25) is 4.98 Å². The monoisotopic (exact) mass is 385 g/mol. The summed E-state index contributed by atoms with van der Waals surface area (Å²) >= 11 is 0. The second-order valence-electron chi connectivity index (χ2n) is 8.52. The normalized spacial score (nSPS) is 27.4. The minimum atomic E-state index is -0.0138. The minimum Gasteiger partial charge on any atom is -0.315 e. The van der Waals surface area contributed by atoms with Gasteiger partial charge < -0.3 is 9.80 Å². The van der Waals surface area contributed by atoms with Crippen LogP contribution in [0.5, 0.6) is 0 Å². The van der Waals surface area contributed by atoms with E-state index in [4.69, 9.17) is 4.98 Å². The van der Waals surface area contributed by atoms with E-state index in [0.717, 1.165) is 30.0 Å². The zero-order valence-electron chi connectivity index (χ0n) is 17.5. The van der Waals surface area contributed by atoms with Crippen LogP contribution in [-0.2, 0) is 5.41 Å². The van der Waals surface area contributed by atoms with Crippen molar-refractivity contribution in [3.8, 4) is 0 Å². The van der Waals surface area contributed by atoms with Crippen molar-refractivity contribution in [1.82, 2.24) is 15.0 Å². The fourth-order valence-corrected chi connectivity index (χ4v) is 5.54. The summed E-state index contributed by atoms with van der Waals surface area (Å²) in [7, 11) is 0. The number of hydrogen-bond acceptors (Lipinski definition) is 5. The van der Waals surface area contributed by atoms with Crippen LogP contribution in [0.4, 0.5) is 22.9 Å². The molecule has 5 nitrogen and oxygen atoms in total. The minimum absolute atomic E-state index is 0.0138. The van der Waals surface area contributed by atoms with Gasteiger partial charge in [-0.15, -0.1) is 0 Å². The van der Waals surface area contributed by atoms with Gasteiger partial charge >= 0.3 is 0 Å². The lowest BCUT2D eigenvalue weighted by Crippen LogP contribution is -2.62. The number of hydrogen-bond donors (Lipinski definition) is 0. The summed E-state index contributed by atoms with van der Waals surface area (Å²) in [6, 6.07) is 13.0. The number of fused-ring (bicyclic) bond motifs is 5. The zero-order valence-corrected chi connectivity index (χ0v) is 17.5. The van der Waals surface area contributed by atoms with Gasteiger partial charge in [0, 0.05) is 34.6 Å². The van der Waals surface area contributed by atoms with Gasteiger partial charge in [-0.2, -0.15) is 0 Å². The number of pyridine rings is 1. The molecule has 0 spiro atoms. The van der Waals surface area contributed by atoms with Crippen molar-refractivity contribution >= 4 is 22.9 Å². The van der Waals surface area contributed by atoms with E-state index < -0.39 is 0 Å². The van der Waals surface area contributed by atoms with Gasteiger partial charge in [0.05, 0.1) is 6.20 Å². The molecule has 0 aliphatic carbocycles. The second-order valence-corrected chi connectivity index (χ2v) is 8.52. The SMILES string of the molecule is CCC1(C)c2ccccc2N2c3ncncc3N(c3ccncc3)C2C1(C)CC. The van der Waals surface area contributed by atoms with E-state index in [1.54, 1.807) is 6.33 Å². The van der Waals surface area contributed by atoms with Gasteiger partial charge in [-0.05, 0) is 36.6 Å². The molecule has 148 valence electrons. The molecule has 0 saturated heterocycles. The Morgan fingerprint density at radius 3 is 2.38 bits per heavy atom. The van der Waals surface area contributed by atoms with Crippen molar-refractivity contribution < 1.29 is 0 Å². The van der Waals surface area contributed by atoms with Crippen LogP contribution in [0, 0.1) is 5.41 Å². The maximum absolute atomic E-state index is 4.75. The predicted octanol–water partition coefficient (Wildman–Crippen LogP) is 5.59. The van der Waals surface area contributed by atoms with Gasteiger partial charge in [-0.25, -0.2) is 9.97 Å². The van der Waals surface area contributed by atoms with E-state index in [0.29, 0.717) is 0 Å². The zero-order chi connectivity index (χ0) is 20.2. The number of aromatic nitrogens is 3. The quantitative estimate of drug-likeness (QED) is 0.588. The molecule has 0 N–H and O–H groups in total. The fraction of sp³-hybridized carbons (Fsp3) is 0.375. The average molecular weight is 386 g/mol. The Hall–Kier alpha value is -2.95. The Balaban J connectivity index is 1.86. The average Bonchev–Trinajstić information content (AvgIpc) is 3.14. The number of para-hydroxylation sites is 1. The van der Waals surface area contributed by atoms with Crippen LogP contribution >= 0.6 is 0 Å². The maximum atomic E-state index is 4.75. The second kappa shape index (κ2) is 6.28. The molecule has 1 aromatic carbocycles. The maximum Gasteiger partial charge on any atom is 0.162 e. The summed E-state index contributed by atoms with van der Waals surface area (Å²) in [6.07, 6.45) is 9.57. The first-order valence-electron chi connectivity index (χ1n) is 10.4. The molecule has 3 atom stereocenters. The first-order chi connectivity index (χ1) is 14.1. The summed E-state index contributed by atoms with van der Waals surface area (Å²) < 4.78 is 0. The smallest absolute Gasteiger partial charge is 0.162 e. The third-order valence-corrected chi connectivity index (χ3v) is 7.62. The Morgan fingerprint density at radius 2 is 1.66 bits per heavy atom. The molecular formula is C24H27N5. The molecule has 0 saturated carbocycles. The molecule has 2 aromatic heterocycles. The van der Waals surface area contributed by atoms with Crippen LogP contribution in [0.3, 0.4) is 0 Å². The number of benzene rings is 1. The van der Waals surface area contributed by atoms with Crippen LogP contribution < -0.4 is 9.80 Å². The lowest BCUT2D eigenvalue weighted by molar-refractivity contribution is 0.0965. The van der Waals surface area contributed by atoms with E-state index in [2.05, 4.69) is 83.9 Å². The fourth-order valence-electron chi connectivity index (χ4n) is 5.54. The highest BCUT2D eigenvalue weighted by atomic mass is 15.5.